The first kappa shape index (κ1) is 7.35. The molecule has 2 nitrogen and oxygen atoms in total. The van der Waals surface area contributed by atoms with Crippen LogP contribution in [0.5, 0.6) is 0 Å². The molecule has 2 rings (SSSR count). The molecule has 0 N–H and O–H groups in total. The number of hydrogen-bond acceptors (Lipinski definition) is 1. The predicted molar refractivity (Wildman–Crippen MR) is 45.5 cm³/mol. The lowest BCUT2D eigenvalue weighted by molar-refractivity contribution is 0.0817. The van der Waals surface area contributed by atoms with Crippen LogP contribution in [0.2, 0.25) is 0 Å². The first-order valence-electron chi connectivity index (χ1n) is 3.88. The molecule has 2 heteroatoms. The minimum Gasteiger partial charge on any atom is -0.331 e. The lowest BCUT2D eigenvalue weighted by Gasteiger charge is -2.22. The third-order valence-electron chi connectivity index (χ3n) is 2.06. The van der Waals surface area contributed by atoms with E-state index >= 15 is 0 Å². The summed E-state index contributed by atoms with van der Waals surface area (Å²) in [5.74, 6) is 0.0388. The largest absolute Gasteiger partial charge is 0.331 e. The van der Waals surface area contributed by atoms with Crippen LogP contribution < -0.4 is 0 Å². The van der Waals surface area contributed by atoms with Crippen molar-refractivity contribution in [2.75, 3.05) is 7.05 Å². The number of benzene rings is 1. The summed E-state index contributed by atoms with van der Waals surface area (Å²) in [7, 11) is 1.73. The van der Waals surface area contributed by atoms with Gasteiger partial charge in [0, 0.05) is 19.0 Å². The van der Waals surface area contributed by atoms with E-state index < -0.39 is 0 Å². The Morgan fingerprint density at radius 1 is 1.42 bits per heavy atom. The molecule has 1 aromatic rings. The van der Waals surface area contributed by atoms with Crippen molar-refractivity contribution in [1.29, 1.82) is 0 Å². The topological polar surface area (TPSA) is 20.3 Å². The van der Waals surface area contributed by atoms with E-state index in [1.807, 2.05) is 24.3 Å². The fourth-order valence-electron chi connectivity index (χ4n) is 1.34. The lowest BCUT2D eigenvalue weighted by atomic mass is 10.00. The van der Waals surface area contributed by atoms with Crippen molar-refractivity contribution in [2.24, 2.45) is 0 Å². The van der Waals surface area contributed by atoms with Crippen LogP contribution in [0.1, 0.15) is 15.9 Å². The van der Waals surface area contributed by atoms with Gasteiger partial charge < -0.3 is 4.90 Å². The zero-order chi connectivity index (χ0) is 8.55. The van der Waals surface area contributed by atoms with Gasteiger partial charge in [-0.2, -0.15) is 0 Å². The van der Waals surface area contributed by atoms with Crippen LogP contribution in [-0.4, -0.2) is 17.9 Å². The molecule has 2 radical (unpaired) electrons. The van der Waals surface area contributed by atoms with Crippen molar-refractivity contribution in [1.82, 2.24) is 4.90 Å². The van der Waals surface area contributed by atoms with Crippen LogP contribution in [0.15, 0.2) is 24.3 Å². The number of hydrogen-bond donors (Lipinski definition) is 0. The van der Waals surface area contributed by atoms with Crippen molar-refractivity contribution in [3.05, 3.63) is 41.9 Å². The molecule has 1 aromatic carbocycles. The third kappa shape index (κ3) is 0.998. The molecule has 0 unspecified atom stereocenters. The average Bonchev–Trinajstić information content (AvgIpc) is 2.12. The van der Waals surface area contributed by atoms with Gasteiger partial charge in [0.15, 0.2) is 0 Å². The van der Waals surface area contributed by atoms with Crippen LogP contribution in [0.4, 0.5) is 0 Å². The smallest absolute Gasteiger partial charge is 0.254 e. The van der Waals surface area contributed by atoms with E-state index in [4.69, 9.17) is 0 Å². The SMILES string of the molecule is CN1[C]Cc2ccccc2C1=O. The zero-order valence-electron chi connectivity index (χ0n) is 6.87. The molecule has 1 heterocycles. The standard InChI is InChI=1S/C10H9NO/c1-11-7-6-8-4-2-3-5-9(8)10(11)12/h2-5H,6H2,1H3. The van der Waals surface area contributed by atoms with Gasteiger partial charge in [0.1, 0.15) is 0 Å². The van der Waals surface area contributed by atoms with Crippen LogP contribution in [0.3, 0.4) is 0 Å². The summed E-state index contributed by atoms with van der Waals surface area (Å²) >= 11 is 0. The van der Waals surface area contributed by atoms with Gasteiger partial charge in [-0.25, -0.2) is 0 Å². The van der Waals surface area contributed by atoms with Crippen LogP contribution in [0.25, 0.3) is 0 Å². The van der Waals surface area contributed by atoms with E-state index in [0.717, 1.165) is 17.5 Å². The molecule has 0 saturated carbocycles. The Morgan fingerprint density at radius 3 is 3.00 bits per heavy atom. The second-order valence-corrected chi connectivity index (χ2v) is 2.86. The first-order chi connectivity index (χ1) is 5.79. The van der Waals surface area contributed by atoms with Gasteiger partial charge in [-0.05, 0) is 11.6 Å². The van der Waals surface area contributed by atoms with Crippen LogP contribution in [-0.2, 0) is 6.42 Å². The molecule has 1 amide bonds. The molecular weight excluding hydrogens is 150 g/mol. The molecule has 0 atom stereocenters. The Hall–Kier alpha value is -1.31. The predicted octanol–water partition coefficient (Wildman–Crippen LogP) is 1.35. The third-order valence-corrected chi connectivity index (χ3v) is 2.06. The summed E-state index contributed by atoms with van der Waals surface area (Å²) in [5.41, 5.74) is 1.87. The molecule has 1 aliphatic heterocycles. The molecule has 0 bridgehead atoms. The number of rotatable bonds is 0. The first-order valence-corrected chi connectivity index (χ1v) is 3.88. The van der Waals surface area contributed by atoms with Gasteiger partial charge in [0.05, 0.1) is 6.54 Å². The molecule has 0 aromatic heterocycles. The molecule has 0 aliphatic carbocycles. The number of amides is 1. The van der Waals surface area contributed by atoms with E-state index in [9.17, 15) is 4.79 Å². The molecule has 0 fully saturated rings. The highest BCUT2D eigenvalue weighted by Crippen LogP contribution is 2.18. The number of nitrogens with zero attached hydrogens (tertiary/aromatic N) is 1. The molecule has 12 heavy (non-hydrogen) atoms. The van der Waals surface area contributed by atoms with Gasteiger partial charge in [-0.3, -0.25) is 4.79 Å². The Morgan fingerprint density at radius 2 is 2.17 bits per heavy atom. The van der Waals surface area contributed by atoms with Gasteiger partial charge in [0.2, 0.25) is 0 Å². The highest BCUT2D eigenvalue weighted by molar-refractivity contribution is 5.97. The zero-order valence-corrected chi connectivity index (χ0v) is 6.87. The number of fused-ring (bicyclic) bond motifs is 1. The summed E-state index contributed by atoms with van der Waals surface area (Å²) < 4.78 is 0. The Labute approximate surface area is 71.8 Å². The number of carbonyl (C=O) groups excluding carboxylic acids is 1. The second kappa shape index (κ2) is 2.63. The quantitative estimate of drug-likeness (QED) is 0.559. The Kier molecular flexibility index (Phi) is 1.61. The highest BCUT2D eigenvalue weighted by atomic mass is 16.2. The molecule has 1 aliphatic rings. The van der Waals surface area contributed by atoms with Gasteiger partial charge in [-0.1, -0.05) is 18.2 Å². The van der Waals surface area contributed by atoms with E-state index in [0.29, 0.717) is 0 Å². The van der Waals surface area contributed by atoms with Gasteiger partial charge in [0.25, 0.3) is 5.91 Å². The van der Waals surface area contributed by atoms with Crippen molar-refractivity contribution in [2.45, 2.75) is 6.42 Å². The molecule has 60 valence electrons. The molecule has 0 saturated heterocycles. The van der Waals surface area contributed by atoms with E-state index in [1.165, 1.54) is 4.90 Å². The summed E-state index contributed by atoms with van der Waals surface area (Å²) in [6, 6.07) is 7.65. The average molecular weight is 159 g/mol. The lowest BCUT2D eigenvalue weighted by Crippen LogP contribution is -2.30. The van der Waals surface area contributed by atoms with Gasteiger partial charge in [-0.15, -0.1) is 0 Å². The van der Waals surface area contributed by atoms with Crippen LogP contribution in [0, 0.1) is 6.54 Å². The minimum absolute atomic E-state index is 0.0388. The number of carbonyl (C=O) groups is 1. The summed E-state index contributed by atoms with van der Waals surface area (Å²) in [6.07, 6.45) is 0.735. The van der Waals surface area contributed by atoms with Crippen molar-refractivity contribution < 1.29 is 4.79 Å². The molecular formula is C10H9NO. The van der Waals surface area contributed by atoms with Crippen molar-refractivity contribution >= 4 is 5.91 Å². The normalized spacial score (nSPS) is 16.1. The summed E-state index contributed by atoms with van der Waals surface area (Å²) in [6.45, 7) is 2.97. The van der Waals surface area contributed by atoms with Crippen molar-refractivity contribution in [3.63, 3.8) is 0 Å². The van der Waals surface area contributed by atoms with E-state index in [-0.39, 0.29) is 5.91 Å². The molecule has 0 spiro atoms. The maximum Gasteiger partial charge on any atom is 0.254 e. The summed E-state index contributed by atoms with van der Waals surface area (Å²) in [5, 5.41) is 0. The second-order valence-electron chi connectivity index (χ2n) is 2.86. The fraction of sp³-hybridized carbons (Fsp3) is 0.200. The highest BCUT2D eigenvalue weighted by Gasteiger charge is 2.20. The fourth-order valence-corrected chi connectivity index (χ4v) is 1.34. The van der Waals surface area contributed by atoms with E-state index in [2.05, 4.69) is 6.54 Å². The summed E-state index contributed by atoms with van der Waals surface area (Å²) in [4.78, 5) is 13.0. The Balaban J connectivity index is 2.49. The van der Waals surface area contributed by atoms with E-state index in [1.54, 1.807) is 7.05 Å². The van der Waals surface area contributed by atoms with Crippen molar-refractivity contribution in [3.8, 4) is 0 Å². The Bertz CT molecular complexity index is 319. The minimum atomic E-state index is 0.0388. The maximum absolute atomic E-state index is 11.5. The maximum atomic E-state index is 11.5. The number of likely N-dealkylation sites (N-methyl/N-ethyl adjacent to an activating group) is 1. The van der Waals surface area contributed by atoms with Crippen LogP contribution >= 0.6 is 0 Å². The monoisotopic (exact) mass is 159 g/mol. The van der Waals surface area contributed by atoms with Gasteiger partial charge >= 0.3 is 0 Å².